The van der Waals surface area contributed by atoms with E-state index >= 15 is 0 Å². The van der Waals surface area contributed by atoms with Crippen LogP contribution >= 0.6 is 0 Å². The van der Waals surface area contributed by atoms with Gasteiger partial charge < -0.3 is 0 Å². The van der Waals surface area contributed by atoms with Crippen LogP contribution in [0.15, 0.2) is 23.1 Å². The van der Waals surface area contributed by atoms with Crippen molar-refractivity contribution in [3.05, 3.63) is 40.3 Å². The van der Waals surface area contributed by atoms with Crippen molar-refractivity contribution in [2.24, 2.45) is 7.05 Å². The Hall–Kier alpha value is -2.24. The molecule has 6 heteroatoms. The SMILES string of the molecule is Cn1[nH]c2c(cnc3c(F)cc(F)cc32)c1=O. The van der Waals surface area contributed by atoms with E-state index in [0.717, 1.165) is 12.1 Å². The summed E-state index contributed by atoms with van der Waals surface area (Å²) in [6.07, 6.45) is 1.29. The molecule has 86 valence electrons. The maximum Gasteiger partial charge on any atom is 0.275 e. The molecular weight excluding hydrogens is 228 g/mol. The molecule has 0 aliphatic rings. The zero-order valence-electron chi connectivity index (χ0n) is 8.79. The summed E-state index contributed by atoms with van der Waals surface area (Å²) in [4.78, 5) is 15.5. The minimum atomic E-state index is -0.744. The van der Waals surface area contributed by atoms with E-state index in [0.29, 0.717) is 10.9 Å². The number of nitrogens with zero attached hydrogens (tertiary/aromatic N) is 2. The molecule has 0 fully saturated rings. The van der Waals surface area contributed by atoms with Gasteiger partial charge in [0, 0.05) is 24.7 Å². The van der Waals surface area contributed by atoms with Gasteiger partial charge in [-0.3, -0.25) is 19.6 Å². The summed E-state index contributed by atoms with van der Waals surface area (Å²) in [7, 11) is 1.53. The van der Waals surface area contributed by atoms with Gasteiger partial charge in [0.15, 0.2) is 5.82 Å². The third-order valence-electron chi connectivity index (χ3n) is 2.70. The monoisotopic (exact) mass is 235 g/mol. The summed E-state index contributed by atoms with van der Waals surface area (Å²) in [5.74, 6) is -1.44. The van der Waals surface area contributed by atoms with Gasteiger partial charge in [-0.05, 0) is 6.07 Å². The van der Waals surface area contributed by atoms with Gasteiger partial charge in [-0.15, -0.1) is 0 Å². The third kappa shape index (κ3) is 1.27. The van der Waals surface area contributed by atoms with Crippen LogP contribution in [-0.4, -0.2) is 14.8 Å². The molecule has 0 aliphatic heterocycles. The summed E-state index contributed by atoms with van der Waals surface area (Å²) in [5.41, 5.74) is 0.153. The molecule has 0 saturated heterocycles. The predicted octanol–water partition coefficient (Wildman–Crippen LogP) is 1.69. The Morgan fingerprint density at radius 1 is 1.29 bits per heavy atom. The van der Waals surface area contributed by atoms with Crippen molar-refractivity contribution in [3.8, 4) is 0 Å². The summed E-state index contributed by atoms with van der Waals surface area (Å²) in [6.45, 7) is 0. The topological polar surface area (TPSA) is 50.7 Å². The van der Waals surface area contributed by atoms with Crippen LogP contribution < -0.4 is 5.56 Å². The van der Waals surface area contributed by atoms with Crippen LogP contribution in [-0.2, 0) is 7.05 Å². The number of aromatic nitrogens is 3. The first-order valence-electron chi connectivity index (χ1n) is 4.90. The molecule has 1 N–H and O–H groups in total. The molecule has 0 saturated carbocycles. The van der Waals surface area contributed by atoms with Crippen molar-refractivity contribution in [1.29, 1.82) is 0 Å². The van der Waals surface area contributed by atoms with Gasteiger partial charge in [0.25, 0.3) is 5.56 Å². The lowest BCUT2D eigenvalue weighted by atomic mass is 10.1. The van der Waals surface area contributed by atoms with E-state index in [1.165, 1.54) is 17.9 Å². The van der Waals surface area contributed by atoms with Gasteiger partial charge in [-0.25, -0.2) is 8.78 Å². The Balaban J connectivity index is 2.64. The molecule has 0 aliphatic carbocycles. The van der Waals surface area contributed by atoms with Crippen LogP contribution in [0.25, 0.3) is 21.8 Å². The standard InChI is InChI=1S/C11H7F2N3O/c1-16-11(17)7-4-14-10-6(9(7)15-16)2-5(12)3-8(10)13/h2-4,15H,1H3. The number of aryl methyl sites for hydroxylation is 1. The minimum absolute atomic E-state index is 0.0424. The predicted molar refractivity (Wildman–Crippen MR) is 58.8 cm³/mol. The highest BCUT2D eigenvalue weighted by Gasteiger charge is 2.12. The fraction of sp³-hybridized carbons (Fsp3) is 0.0909. The zero-order chi connectivity index (χ0) is 12.2. The number of hydrogen-bond acceptors (Lipinski definition) is 2. The lowest BCUT2D eigenvalue weighted by Crippen LogP contribution is -2.11. The van der Waals surface area contributed by atoms with Crippen LogP contribution in [0, 0.1) is 11.6 Å². The highest BCUT2D eigenvalue weighted by molar-refractivity contribution is 6.02. The Morgan fingerprint density at radius 3 is 2.82 bits per heavy atom. The summed E-state index contributed by atoms with van der Waals surface area (Å²) < 4.78 is 27.9. The number of nitrogens with one attached hydrogen (secondary N) is 1. The maximum atomic E-state index is 13.5. The van der Waals surface area contributed by atoms with Crippen LogP contribution in [0.1, 0.15) is 0 Å². The van der Waals surface area contributed by atoms with Crippen molar-refractivity contribution in [2.75, 3.05) is 0 Å². The second-order valence-electron chi connectivity index (χ2n) is 3.81. The van der Waals surface area contributed by atoms with E-state index in [1.54, 1.807) is 0 Å². The van der Waals surface area contributed by atoms with Gasteiger partial charge in [0.05, 0.1) is 10.9 Å². The second-order valence-corrected chi connectivity index (χ2v) is 3.81. The Labute approximate surface area is 93.5 Å². The summed E-state index contributed by atoms with van der Waals surface area (Å²) in [6, 6.07) is 1.92. The smallest absolute Gasteiger partial charge is 0.275 e. The van der Waals surface area contributed by atoms with E-state index in [9.17, 15) is 13.6 Å². The molecule has 0 radical (unpaired) electrons. The number of aromatic amines is 1. The van der Waals surface area contributed by atoms with Gasteiger partial charge >= 0.3 is 0 Å². The zero-order valence-corrected chi connectivity index (χ0v) is 8.79. The van der Waals surface area contributed by atoms with E-state index in [4.69, 9.17) is 0 Å². The normalized spacial score (nSPS) is 11.5. The third-order valence-corrected chi connectivity index (χ3v) is 2.70. The van der Waals surface area contributed by atoms with Crippen molar-refractivity contribution in [1.82, 2.24) is 14.8 Å². The van der Waals surface area contributed by atoms with Gasteiger partial charge in [-0.1, -0.05) is 0 Å². The van der Waals surface area contributed by atoms with E-state index in [2.05, 4.69) is 10.1 Å². The number of rotatable bonds is 0. The lowest BCUT2D eigenvalue weighted by molar-refractivity contribution is 0.590. The van der Waals surface area contributed by atoms with Crippen LogP contribution in [0.4, 0.5) is 8.78 Å². The maximum absolute atomic E-state index is 13.5. The molecule has 1 aromatic carbocycles. The Kier molecular flexibility index (Phi) is 1.83. The number of halogens is 2. The average molecular weight is 235 g/mol. The van der Waals surface area contributed by atoms with Gasteiger partial charge in [0.2, 0.25) is 0 Å². The molecule has 3 aromatic rings. The molecule has 17 heavy (non-hydrogen) atoms. The second kappa shape index (κ2) is 3.13. The number of pyridine rings is 1. The lowest BCUT2D eigenvalue weighted by Gasteiger charge is -1.99. The first-order chi connectivity index (χ1) is 8.08. The number of hydrogen-bond donors (Lipinski definition) is 1. The Bertz CT molecular complexity index is 804. The number of fused-ring (bicyclic) bond motifs is 3. The van der Waals surface area contributed by atoms with Crippen LogP contribution in [0.2, 0.25) is 0 Å². The molecule has 4 nitrogen and oxygen atoms in total. The molecule has 3 rings (SSSR count). The average Bonchev–Trinajstić information content (AvgIpc) is 2.56. The molecule has 2 heterocycles. The first-order valence-corrected chi connectivity index (χ1v) is 4.90. The van der Waals surface area contributed by atoms with Crippen molar-refractivity contribution in [2.45, 2.75) is 0 Å². The minimum Gasteiger partial charge on any atom is -0.294 e. The van der Waals surface area contributed by atoms with E-state index < -0.39 is 11.6 Å². The molecule has 2 aromatic heterocycles. The summed E-state index contributed by atoms with van der Waals surface area (Å²) in [5, 5.41) is 3.33. The van der Waals surface area contributed by atoms with Crippen molar-refractivity contribution >= 4 is 21.8 Å². The fourth-order valence-corrected chi connectivity index (χ4v) is 1.91. The highest BCUT2D eigenvalue weighted by atomic mass is 19.1. The molecule has 0 unspecified atom stereocenters. The van der Waals surface area contributed by atoms with E-state index in [1.807, 2.05) is 0 Å². The van der Waals surface area contributed by atoms with Gasteiger partial charge in [-0.2, -0.15) is 0 Å². The molecule has 0 atom stereocenters. The number of H-pyrrole nitrogens is 1. The molecule has 0 bridgehead atoms. The molecule has 0 spiro atoms. The molecule has 0 amide bonds. The van der Waals surface area contributed by atoms with Gasteiger partial charge in [0.1, 0.15) is 11.3 Å². The number of benzene rings is 1. The largest absolute Gasteiger partial charge is 0.294 e. The van der Waals surface area contributed by atoms with Crippen LogP contribution in [0.5, 0.6) is 0 Å². The quantitative estimate of drug-likeness (QED) is 0.644. The van der Waals surface area contributed by atoms with Crippen molar-refractivity contribution in [3.63, 3.8) is 0 Å². The first kappa shape index (κ1) is 9.95. The molecular formula is C11H7F2N3O. The van der Waals surface area contributed by atoms with Crippen molar-refractivity contribution < 1.29 is 8.78 Å². The summed E-state index contributed by atoms with van der Waals surface area (Å²) >= 11 is 0. The van der Waals surface area contributed by atoms with E-state index in [-0.39, 0.29) is 16.5 Å². The Morgan fingerprint density at radius 2 is 2.06 bits per heavy atom. The highest BCUT2D eigenvalue weighted by Crippen LogP contribution is 2.23. The fourth-order valence-electron chi connectivity index (χ4n) is 1.91. The van der Waals surface area contributed by atoms with Crippen LogP contribution in [0.3, 0.4) is 0 Å².